The number of sulfonamides is 1. The molecule has 0 atom stereocenters. The summed E-state index contributed by atoms with van der Waals surface area (Å²) in [4.78, 5) is -0.301. The number of benzene rings is 1. The summed E-state index contributed by atoms with van der Waals surface area (Å²) in [5, 5.41) is 2.48. The maximum absolute atomic E-state index is 13.6. The summed E-state index contributed by atoms with van der Waals surface area (Å²) in [5.74, 6) is -0.928. The Morgan fingerprint density at radius 2 is 2.10 bits per heavy atom. The molecular formula is C13H15Cl2FN2O2S. The molecule has 0 saturated heterocycles. The minimum atomic E-state index is -3.85. The van der Waals surface area contributed by atoms with Gasteiger partial charge in [-0.15, -0.1) is 0 Å². The van der Waals surface area contributed by atoms with E-state index in [-0.39, 0.29) is 16.5 Å². The van der Waals surface area contributed by atoms with Gasteiger partial charge >= 0.3 is 0 Å². The SMILES string of the molecule is O=S(=O)(NCCC1=CCNCC1)c1ccc(Cl)c(F)c1Cl. The molecule has 1 heterocycles. The first-order valence-electron chi connectivity index (χ1n) is 6.43. The van der Waals surface area contributed by atoms with Gasteiger partial charge in [0.25, 0.3) is 0 Å². The minimum absolute atomic E-state index is 0.209. The molecule has 4 nitrogen and oxygen atoms in total. The fourth-order valence-electron chi connectivity index (χ4n) is 2.04. The number of hydrogen-bond donors (Lipinski definition) is 2. The van der Waals surface area contributed by atoms with Crippen molar-refractivity contribution in [2.45, 2.75) is 17.7 Å². The van der Waals surface area contributed by atoms with Crippen LogP contribution in [0.4, 0.5) is 4.39 Å². The fraction of sp³-hybridized carbons (Fsp3) is 0.385. The highest BCUT2D eigenvalue weighted by atomic mass is 35.5. The van der Waals surface area contributed by atoms with Gasteiger partial charge in [0.15, 0.2) is 5.82 Å². The van der Waals surface area contributed by atoms with Crippen LogP contribution in [0.1, 0.15) is 12.8 Å². The maximum atomic E-state index is 13.6. The van der Waals surface area contributed by atoms with Crippen LogP contribution in [-0.4, -0.2) is 28.1 Å². The summed E-state index contributed by atoms with van der Waals surface area (Å²) in [6.07, 6.45) is 3.57. The molecule has 1 aliphatic rings. The molecule has 0 aromatic heterocycles. The third-order valence-corrected chi connectivity index (χ3v) is 5.46. The molecule has 1 aromatic carbocycles. The zero-order chi connectivity index (χ0) is 15.5. The molecule has 116 valence electrons. The van der Waals surface area contributed by atoms with Crippen LogP contribution in [0.5, 0.6) is 0 Å². The van der Waals surface area contributed by atoms with E-state index in [1.54, 1.807) is 0 Å². The number of rotatable bonds is 5. The molecule has 21 heavy (non-hydrogen) atoms. The molecular weight excluding hydrogens is 338 g/mol. The van der Waals surface area contributed by atoms with Crippen molar-refractivity contribution < 1.29 is 12.8 Å². The van der Waals surface area contributed by atoms with E-state index < -0.39 is 20.9 Å². The molecule has 1 aliphatic heterocycles. The monoisotopic (exact) mass is 352 g/mol. The Bertz CT molecular complexity index is 662. The lowest BCUT2D eigenvalue weighted by molar-refractivity contribution is 0.576. The minimum Gasteiger partial charge on any atom is -0.313 e. The summed E-state index contributed by atoms with van der Waals surface area (Å²) >= 11 is 11.3. The van der Waals surface area contributed by atoms with Gasteiger partial charge in [0.2, 0.25) is 10.0 Å². The van der Waals surface area contributed by atoms with E-state index in [1.165, 1.54) is 17.7 Å². The van der Waals surface area contributed by atoms with E-state index in [0.717, 1.165) is 19.5 Å². The van der Waals surface area contributed by atoms with Crippen molar-refractivity contribution >= 4 is 33.2 Å². The molecule has 8 heteroatoms. The van der Waals surface area contributed by atoms with Crippen LogP contribution >= 0.6 is 23.2 Å². The van der Waals surface area contributed by atoms with Crippen molar-refractivity contribution in [1.29, 1.82) is 0 Å². The van der Waals surface area contributed by atoms with Crippen LogP contribution in [0.15, 0.2) is 28.7 Å². The smallest absolute Gasteiger partial charge is 0.242 e. The van der Waals surface area contributed by atoms with Gasteiger partial charge in [-0.3, -0.25) is 0 Å². The second kappa shape index (κ2) is 7.07. The van der Waals surface area contributed by atoms with Gasteiger partial charge in [0.1, 0.15) is 4.90 Å². The quantitative estimate of drug-likeness (QED) is 0.632. The van der Waals surface area contributed by atoms with E-state index in [4.69, 9.17) is 23.2 Å². The first kappa shape index (κ1) is 16.7. The predicted molar refractivity (Wildman–Crippen MR) is 81.8 cm³/mol. The molecule has 0 fully saturated rings. The van der Waals surface area contributed by atoms with Crippen LogP contribution in [0, 0.1) is 5.82 Å². The molecule has 0 unspecified atom stereocenters. The van der Waals surface area contributed by atoms with Crippen LogP contribution in [-0.2, 0) is 10.0 Å². The van der Waals surface area contributed by atoms with Crippen LogP contribution in [0.2, 0.25) is 10.0 Å². The van der Waals surface area contributed by atoms with E-state index in [0.29, 0.717) is 6.42 Å². The van der Waals surface area contributed by atoms with Crippen molar-refractivity contribution in [2.75, 3.05) is 19.6 Å². The van der Waals surface area contributed by atoms with Crippen LogP contribution < -0.4 is 10.0 Å². The lowest BCUT2D eigenvalue weighted by Gasteiger charge is -2.14. The summed E-state index contributed by atoms with van der Waals surface area (Å²) < 4.78 is 40.2. The average molecular weight is 353 g/mol. The molecule has 0 spiro atoms. The topological polar surface area (TPSA) is 58.2 Å². The Hall–Kier alpha value is -0.660. The second-order valence-electron chi connectivity index (χ2n) is 4.64. The zero-order valence-corrected chi connectivity index (χ0v) is 13.5. The molecule has 0 radical (unpaired) electrons. The molecule has 0 amide bonds. The van der Waals surface area contributed by atoms with Gasteiger partial charge in [-0.05, 0) is 31.5 Å². The first-order valence-corrected chi connectivity index (χ1v) is 8.67. The Balaban J connectivity index is 2.05. The van der Waals surface area contributed by atoms with Gasteiger partial charge in [-0.2, -0.15) is 0 Å². The number of hydrogen-bond acceptors (Lipinski definition) is 3. The van der Waals surface area contributed by atoms with Gasteiger partial charge < -0.3 is 5.32 Å². The maximum Gasteiger partial charge on any atom is 0.242 e. The highest BCUT2D eigenvalue weighted by Gasteiger charge is 2.21. The summed E-state index contributed by atoms with van der Waals surface area (Å²) in [6.45, 7) is 1.94. The second-order valence-corrected chi connectivity index (χ2v) is 7.16. The fourth-order valence-corrected chi connectivity index (χ4v) is 3.81. The average Bonchev–Trinajstić information content (AvgIpc) is 2.45. The van der Waals surface area contributed by atoms with Gasteiger partial charge in [0.05, 0.1) is 10.0 Å². The molecule has 2 N–H and O–H groups in total. The lowest BCUT2D eigenvalue weighted by Crippen LogP contribution is -2.27. The van der Waals surface area contributed by atoms with Crippen molar-refractivity contribution in [3.05, 3.63) is 39.6 Å². The summed E-state index contributed by atoms with van der Waals surface area (Å²) in [6, 6.07) is 2.37. The van der Waals surface area contributed by atoms with Gasteiger partial charge in [0, 0.05) is 13.1 Å². The van der Waals surface area contributed by atoms with Crippen LogP contribution in [0.25, 0.3) is 0 Å². The van der Waals surface area contributed by atoms with E-state index in [9.17, 15) is 12.8 Å². The van der Waals surface area contributed by atoms with Crippen molar-refractivity contribution in [1.82, 2.24) is 10.0 Å². The van der Waals surface area contributed by atoms with Gasteiger partial charge in [-0.1, -0.05) is 34.9 Å². The third kappa shape index (κ3) is 4.17. The number of halogens is 3. The molecule has 0 saturated carbocycles. The highest BCUT2D eigenvalue weighted by molar-refractivity contribution is 7.89. The van der Waals surface area contributed by atoms with E-state index in [1.807, 2.05) is 6.08 Å². The van der Waals surface area contributed by atoms with E-state index in [2.05, 4.69) is 10.0 Å². The summed E-state index contributed by atoms with van der Waals surface area (Å²) in [7, 11) is -3.85. The van der Waals surface area contributed by atoms with Crippen molar-refractivity contribution in [2.24, 2.45) is 0 Å². The van der Waals surface area contributed by atoms with Gasteiger partial charge in [-0.25, -0.2) is 17.5 Å². The first-order chi connectivity index (χ1) is 9.92. The Morgan fingerprint density at radius 3 is 2.76 bits per heavy atom. The standard InChI is InChI=1S/C13H15Cl2FN2O2S/c14-10-1-2-11(12(15)13(10)16)21(19,20)18-8-5-9-3-6-17-7-4-9/h1-3,17-18H,4-8H2. The van der Waals surface area contributed by atoms with Crippen molar-refractivity contribution in [3.8, 4) is 0 Å². The molecule has 0 bridgehead atoms. The summed E-state index contributed by atoms with van der Waals surface area (Å²) in [5.41, 5.74) is 1.20. The third-order valence-electron chi connectivity index (χ3n) is 3.19. The molecule has 0 aliphatic carbocycles. The lowest BCUT2D eigenvalue weighted by atomic mass is 10.1. The van der Waals surface area contributed by atoms with Crippen LogP contribution in [0.3, 0.4) is 0 Å². The predicted octanol–water partition coefficient (Wildman–Crippen LogP) is 2.72. The Labute approximate surface area is 133 Å². The zero-order valence-electron chi connectivity index (χ0n) is 11.1. The largest absolute Gasteiger partial charge is 0.313 e. The Morgan fingerprint density at radius 1 is 1.33 bits per heavy atom. The molecule has 1 aromatic rings. The highest BCUT2D eigenvalue weighted by Crippen LogP contribution is 2.29. The van der Waals surface area contributed by atoms with E-state index >= 15 is 0 Å². The number of nitrogens with one attached hydrogen (secondary N) is 2. The normalized spacial score (nSPS) is 15.9. The van der Waals surface area contributed by atoms with Crippen molar-refractivity contribution in [3.63, 3.8) is 0 Å². The Kier molecular flexibility index (Phi) is 5.62. The molecule has 2 rings (SSSR count).